The predicted molar refractivity (Wildman–Crippen MR) is 88.5 cm³/mol. The van der Waals surface area contributed by atoms with E-state index < -0.39 is 0 Å². The number of carbonyl (C=O) groups excluding carboxylic acids is 1. The first kappa shape index (κ1) is 16.0. The highest BCUT2D eigenvalue weighted by atomic mass is 79.9. The van der Waals surface area contributed by atoms with Gasteiger partial charge in [-0.2, -0.15) is 5.26 Å². The molecule has 22 heavy (non-hydrogen) atoms. The van der Waals surface area contributed by atoms with Crippen LogP contribution in [-0.4, -0.2) is 24.0 Å². The number of nitrogens with one attached hydrogen (secondary N) is 2. The lowest BCUT2D eigenvalue weighted by Crippen LogP contribution is -2.25. The Morgan fingerprint density at radius 2 is 2.00 bits per heavy atom. The molecule has 0 saturated heterocycles. The van der Waals surface area contributed by atoms with Gasteiger partial charge in [-0.05, 0) is 42.8 Å². The van der Waals surface area contributed by atoms with Crippen LogP contribution in [0.15, 0.2) is 47.1 Å². The maximum atomic E-state index is 11.9. The third kappa shape index (κ3) is 4.57. The van der Waals surface area contributed by atoms with Crippen molar-refractivity contribution >= 4 is 27.7 Å². The molecule has 0 fully saturated rings. The van der Waals surface area contributed by atoms with Gasteiger partial charge in [-0.15, -0.1) is 0 Å². The minimum Gasteiger partial charge on any atom is -0.369 e. The number of anilines is 1. The van der Waals surface area contributed by atoms with Crippen LogP contribution in [0.4, 0.5) is 5.82 Å². The number of pyridine rings is 1. The fourth-order valence-electron chi connectivity index (χ4n) is 1.84. The number of halogens is 1. The Bertz CT molecular complexity index is 679. The molecule has 0 radical (unpaired) electrons. The highest BCUT2D eigenvalue weighted by Crippen LogP contribution is 2.10. The van der Waals surface area contributed by atoms with Gasteiger partial charge in [-0.3, -0.25) is 4.79 Å². The van der Waals surface area contributed by atoms with Gasteiger partial charge in [-0.1, -0.05) is 15.9 Å². The molecule has 1 aromatic carbocycles. The van der Waals surface area contributed by atoms with Crippen LogP contribution in [0.25, 0.3) is 0 Å². The second-order valence-electron chi connectivity index (χ2n) is 4.55. The number of hydrogen-bond donors (Lipinski definition) is 2. The van der Waals surface area contributed by atoms with E-state index in [0.717, 1.165) is 10.9 Å². The molecule has 112 valence electrons. The van der Waals surface area contributed by atoms with Gasteiger partial charge in [0.05, 0.1) is 5.56 Å². The summed E-state index contributed by atoms with van der Waals surface area (Å²) >= 11 is 3.33. The summed E-state index contributed by atoms with van der Waals surface area (Å²) in [7, 11) is 0. The molecule has 2 rings (SSSR count). The molecule has 1 aromatic heterocycles. The van der Waals surface area contributed by atoms with Gasteiger partial charge in [0, 0.05) is 29.3 Å². The number of nitriles is 1. The number of hydrogen-bond acceptors (Lipinski definition) is 4. The summed E-state index contributed by atoms with van der Waals surface area (Å²) in [5.41, 5.74) is 1.15. The van der Waals surface area contributed by atoms with Crippen LogP contribution in [-0.2, 0) is 0 Å². The summed E-state index contributed by atoms with van der Waals surface area (Å²) in [6.07, 6.45) is 2.38. The van der Waals surface area contributed by atoms with Crippen molar-refractivity contribution in [1.82, 2.24) is 10.3 Å². The summed E-state index contributed by atoms with van der Waals surface area (Å²) in [4.78, 5) is 16.0. The van der Waals surface area contributed by atoms with E-state index in [2.05, 4.69) is 37.6 Å². The molecule has 0 aliphatic rings. The van der Waals surface area contributed by atoms with E-state index >= 15 is 0 Å². The van der Waals surface area contributed by atoms with Gasteiger partial charge in [0.15, 0.2) is 0 Å². The SMILES string of the molecule is N#Cc1cccnc1NCCCNC(=O)c1ccc(Br)cc1. The topological polar surface area (TPSA) is 77.8 Å². The summed E-state index contributed by atoms with van der Waals surface area (Å²) in [6, 6.07) is 12.7. The summed E-state index contributed by atoms with van der Waals surface area (Å²) in [6.45, 7) is 1.18. The third-order valence-corrected chi connectivity index (χ3v) is 3.49. The number of rotatable bonds is 6. The Morgan fingerprint density at radius 3 is 2.73 bits per heavy atom. The Balaban J connectivity index is 1.72. The fourth-order valence-corrected chi connectivity index (χ4v) is 2.10. The molecule has 0 saturated carbocycles. The normalized spacial score (nSPS) is 9.82. The van der Waals surface area contributed by atoms with Gasteiger partial charge < -0.3 is 10.6 Å². The molecule has 0 spiro atoms. The lowest BCUT2D eigenvalue weighted by Gasteiger charge is -2.08. The maximum absolute atomic E-state index is 11.9. The first-order valence-corrected chi connectivity index (χ1v) is 7.63. The van der Waals surface area contributed by atoms with Gasteiger partial charge in [0.1, 0.15) is 11.9 Å². The molecule has 2 aromatic rings. The molecule has 0 aliphatic heterocycles. The largest absolute Gasteiger partial charge is 0.369 e. The van der Waals surface area contributed by atoms with Crippen molar-refractivity contribution in [1.29, 1.82) is 5.26 Å². The molecule has 0 unspecified atom stereocenters. The molecule has 0 atom stereocenters. The number of aromatic nitrogens is 1. The molecule has 1 amide bonds. The number of benzene rings is 1. The van der Waals surface area contributed by atoms with E-state index in [-0.39, 0.29) is 5.91 Å². The molecule has 0 bridgehead atoms. The molecule has 0 aliphatic carbocycles. The Hall–Kier alpha value is -2.39. The average molecular weight is 359 g/mol. The fraction of sp³-hybridized carbons (Fsp3) is 0.188. The minimum atomic E-state index is -0.0944. The zero-order valence-electron chi connectivity index (χ0n) is 11.8. The van der Waals surface area contributed by atoms with Crippen LogP contribution >= 0.6 is 15.9 Å². The Kier molecular flexibility index (Phi) is 5.92. The summed E-state index contributed by atoms with van der Waals surface area (Å²) in [5, 5.41) is 14.9. The molecule has 5 nitrogen and oxygen atoms in total. The molecule has 2 N–H and O–H groups in total. The van der Waals surface area contributed by atoms with Gasteiger partial charge >= 0.3 is 0 Å². The van der Waals surface area contributed by atoms with Crippen molar-refractivity contribution in [3.8, 4) is 6.07 Å². The highest BCUT2D eigenvalue weighted by molar-refractivity contribution is 9.10. The quantitative estimate of drug-likeness (QED) is 0.778. The Labute approximate surface area is 137 Å². The number of carbonyl (C=O) groups is 1. The van der Waals surface area contributed by atoms with E-state index in [9.17, 15) is 4.79 Å². The number of amides is 1. The van der Waals surface area contributed by atoms with Gasteiger partial charge in [0.2, 0.25) is 0 Å². The van der Waals surface area contributed by atoms with Crippen molar-refractivity contribution in [3.05, 3.63) is 58.2 Å². The van der Waals surface area contributed by atoms with Crippen LogP contribution in [0.3, 0.4) is 0 Å². The first-order chi connectivity index (χ1) is 10.7. The van der Waals surface area contributed by atoms with Crippen LogP contribution in [0.2, 0.25) is 0 Å². The summed E-state index contributed by atoms with van der Waals surface area (Å²) in [5.74, 6) is 0.479. The minimum absolute atomic E-state index is 0.0944. The van der Waals surface area contributed by atoms with E-state index in [0.29, 0.717) is 30.0 Å². The Morgan fingerprint density at radius 1 is 1.23 bits per heavy atom. The smallest absolute Gasteiger partial charge is 0.251 e. The zero-order valence-corrected chi connectivity index (χ0v) is 13.4. The lowest BCUT2D eigenvalue weighted by atomic mass is 10.2. The lowest BCUT2D eigenvalue weighted by molar-refractivity contribution is 0.0953. The van der Waals surface area contributed by atoms with E-state index in [1.165, 1.54) is 0 Å². The third-order valence-electron chi connectivity index (χ3n) is 2.97. The molecular formula is C16H15BrN4O. The zero-order chi connectivity index (χ0) is 15.8. The summed E-state index contributed by atoms with van der Waals surface area (Å²) < 4.78 is 0.942. The van der Waals surface area contributed by atoms with Crippen molar-refractivity contribution in [2.75, 3.05) is 18.4 Å². The highest BCUT2D eigenvalue weighted by Gasteiger charge is 2.04. The van der Waals surface area contributed by atoms with E-state index in [1.807, 2.05) is 12.1 Å². The molecular weight excluding hydrogens is 344 g/mol. The second-order valence-corrected chi connectivity index (χ2v) is 5.47. The van der Waals surface area contributed by atoms with Crippen molar-refractivity contribution < 1.29 is 4.79 Å². The van der Waals surface area contributed by atoms with Crippen molar-refractivity contribution in [2.24, 2.45) is 0 Å². The first-order valence-electron chi connectivity index (χ1n) is 6.83. The monoisotopic (exact) mass is 358 g/mol. The van der Waals surface area contributed by atoms with Crippen LogP contribution in [0.1, 0.15) is 22.3 Å². The average Bonchev–Trinajstić information content (AvgIpc) is 2.55. The maximum Gasteiger partial charge on any atom is 0.251 e. The molecule has 6 heteroatoms. The van der Waals surface area contributed by atoms with Crippen LogP contribution < -0.4 is 10.6 Å². The standard InChI is InChI=1S/C16H15BrN4O/c17-14-6-4-12(5-7-14)16(22)21-10-2-9-20-15-13(11-18)3-1-8-19-15/h1,3-8H,2,9-10H2,(H,19,20)(H,21,22). The van der Waals surface area contributed by atoms with E-state index in [1.54, 1.807) is 30.5 Å². The van der Waals surface area contributed by atoms with Crippen LogP contribution in [0.5, 0.6) is 0 Å². The van der Waals surface area contributed by atoms with Crippen LogP contribution in [0, 0.1) is 11.3 Å². The van der Waals surface area contributed by atoms with E-state index in [4.69, 9.17) is 5.26 Å². The van der Waals surface area contributed by atoms with Crippen molar-refractivity contribution in [2.45, 2.75) is 6.42 Å². The predicted octanol–water partition coefficient (Wildman–Crippen LogP) is 2.95. The van der Waals surface area contributed by atoms with Crippen molar-refractivity contribution in [3.63, 3.8) is 0 Å². The molecule has 1 heterocycles. The van der Waals surface area contributed by atoms with Gasteiger partial charge in [0.25, 0.3) is 5.91 Å². The second kappa shape index (κ2) is 8.15. The number of nitrogens with zero attached hydrogens (tertiary/aromatic N) is 2. The van der Waals surface area contributed by atoms with Gasteiger partial charge in [-0.25, -0.2) is 4.98 Å².